The molecule has 6 rings (SSSR count). The number of rotatable bonds is 20. The maximum atomic E-state index is 13.9. The fraction of sp³-hybridized carbons (Fsp3) is 0.558. The van der Waals surface area contributed by atoms with Gasteiger partial charge in [0.25, 0.3) is 0 Å². The van der Waals surface area contributed by atoms with Gasteiger partial charge in [-0.1, -0.05) is 63.5 Å². The van der Waals surface area contributed by atoms with Crippen LogP contribution in [0.15, 0.2) is 65.6 Å². The summed E-state index contributed by atoms with van der Waals surface area (Å²) in [7, 11) is -6.59. The smallest absolute Gasteiger partial charge is 0.410 e. The number of amides is 1. The highest BCUT2D eigenvalue weighted by Gasteiger charge is 2.34. The number of fused-ring (bicyclic) bond motifs is 2. The lowest BCUT2D eigenvalue weighted by Crippen LogP contribution is -2.36. The van der Waals surface area contributed by atoms with E-state index >= 15 is 0 Å². The summed E-state index contributed by atoms with van der Waals surface area (Å²) in [6.45, 7) is 20.3. The van der Waals surface area contributed by atoms with E-state index in [4.69, 9.17) is 37.9 Å². The van der Waals surface area contributed by atoms with Crippen LogP contribution in [0, 0.1) is 0 Å². The monoisotopic (exact) mass is 870 g/mol. The van der Waals surface area contributed by atoms with Gasteiger partial charge in [-0.3, -0.25) is 0 Å². The second kappa shape index (κ2) is 19.1. The molecule has 0 unspecified atom stereocenters. The maximum Gasteiger partial charge on any atom is 0.410 e. The molecular formula is C43H62N2O11SSi2. The van der Waals surface area contributed by atoms with Crippen LogP contribution in [0.1, 0.15) is 42.2 Å². The van der Waals surface area contributed by atoms with E-state index in [-0.39, 0.29) is 49.9 Å². The molecule has 0 bridgehead atoms. The minimum absolute atomic E-state index is 0.0740. The van der Waals surface area contributed by atoms with Crippen LogP contribution in [0.3, 0.4) is 0 Å². The Hall–Kier alpha value is -3.49. The molecule has 16 heteroatoms. The third-order valence-corrected chi connectivity index (χ3v) is 15.4. The number of sulfonamides is 1. The summed E-state index contributed by atoms with van der Waals surface area (Å²) < 4.78 is 76.6. The molecule has 3 aromatic carbocycles. The van der Waals surface area contributed by atoms with Gasteiger partial charge in [0.1, 0.15) is 31.9 Å². The average Bonchev–Trinajstić information content (AvgIpc) is 3.54. The molecule has 3 aromatic rings. The Balaban J connectivity index is 0.988. The van der Waals surface area contributed by atoms with Gasteiger partial charge in [0.05, 0.1) is 31.3 Å². The van der Waals surface area contributed by atoms with Crippen molar-refractivity contribution in [2.75, 3.05) is 53.0 Å². The summed E-state index contributed by atoms with van der Waals surface area (Å²) in [5.74, 6) is 1.36. The number of ether oxygens (including phenoxy) is 8. The Morgan fingerprint density at radius 2 is 1.54 bits per heavy atom. The number of carbonyl (C=O) groups is 1. The van der Waals surface area contributed by atoms with Crippen LogP contribution in [0.25, 0.3) is 0 Å². The quantitative estimate of drug-likeness (QED) is 0.0621. The lowest BCUT2D eigenvalue weighted by Gasteiger charge is -2.32. The molecule has 59 heavy (non-hydrogen) atoms. The molecule has 1 saturated heterocycles. The maximum absolute atomic E-state index is 13.9. The molecule has 324 valence electrons. The number of hydrogen-bond acceptors (Lipinski definition) is 11. The van der Waals surface area contributed by atoms with Crippen molar-refractivity contribution in [1.29, 1.82) is 0 Å². The summed E-state index contributed by atoms with van der Waals surface area (Å²) in [6.07, 6.45) is -0.486. The van der Waals surface area contributed by atoms with Crippen molar-refractivity contribution >= 4 is 32.3 Å². The van der Waals surface area contributed by atoms with Gasteiger partial charge < -0.3 is 42.8 Å². The first-order chi connectivity index (χ1) is 27.8. The van der Waals surface area contributed by atoms with Gasteiger partial charge in [0.15, 0.2) is 17.6 Å². The fourth-order valence-corrected chi connectivity index (χ4v) is 9.39. The van der Waals surface area contributed by atoms with Crippen molar-refractivity contribution in [2.24, 2.45) is 0 Å². The Bertz CT molecular complexity index is 2000. The van der Waals surface area contributed by atoms with E-state index in [9.17, 15) is 13.2 Å². The highest BCUT2D eigenvalue weighted by Crippen LogP contribution is 2.36. The van der Waals surface area contributed by atoms with Gasteiger partial charge in [0.2, 0.25) is 15.8 Å². The Morgan fingerprint density at radius 3 is 2.25 bits per heavy atom. The van der Waals surface area contributed by atoms with Gasteiger partial charge in [-0.2, -0.15) is 0 Å². The SMILES string of the molecule is CC1(C)OCc2cc([C@@H]3CN(CCc4ccc5c(c4)O[C@H](COCc4cccc(S(=O)(=O)N(COCC[Si](C)(C)C)COCC[Si](C)(C)C)c4)CO5)C(=O)O3)ccc2O1. The predicted octanol–water partition coefficient (Wildman–Crippen LogP) is 8.04. The molecule has 1 fully saturated rings. The van der Waals surface area contributed by atoms with E-state index in [2.05, 4.69) is 39.3 Å². The Morgan fingerprint density at radius 1 is 0.831 bits per heavy atom. The third-order valence-electron chi connectivity index (χ3n) is 10.2. The van der Waals surface area contributed by atoms with E-state index in [1.807, 2.05) is 56.3 Å². The molecule has 0 aliphatic carbocycles. The molecule has 1 amide bonds. The van der Waals surface area contributed by atoms with Gasteiger partial charge in [-0.15, -0.1) is 4.31 Å². The molecule has 3 aliphatic rings. The summed E-state index contributed by atoms with van der Waals surface area (Å²) >= 11 is 0. The molecule has 0 spiro atoms. The third kappa shape index (κ3) is 13.0. The van der Waals surface area contributed by atoms with Gasteiger partial charge in [0, 0.05) is 55.3 Å². The van der Waals surface area contributed by atoms with Crippen molar-refractivity contribution in [1.82, 2.24) is 9.21 Å². The zero-order valence-electron chi connectivity index (χ0n) is 35.9. The zero-order chi connectivity index (χ0) is 42.4. The lowest BCUT2D eigenvalue weighted by molar-refractivity contribution is -0.180. The number of nitrogens with zero attached hydrogens (tertiary/aromatic N) is 2. The van der Waals surface area contributed by atoms with Crippen molar-refractivity contribution < 1.29 is 51.1 Å². The second-order valence-corrected chi connectivity index (χ2v) is 31.6. The van der Waals surface area contributed by atoms with Gasteiger partial charge >= 0.3 is 6.09 Å². The summed E-state index contributed by atoms with van der Waals surface area (Å²) in [5.41, 5.74) is 3.55. The Labute approximate surface area is 352 Å². The van der Waals surface area contributed by atoms with E-state index in [1.54, 1.807) is 23.1 Å². The van der Waals surface area contributed by atoms with E-state index < -0.39 is 32.0 Å². The molecule has 0 aromatic heterocycles. The molecule has 0 N–H and O–H groups in total. The second-order valence-electron chi connectivity index (χ2n) is 18.4. The van der Waals surface area contributed by atoms with Crippen LogP contribution in [0.5, 0.6) is 17.2 Å². The lowest BCUT2D eigenvalue weighted by atomic mass is 10.0. The standard InChI is InChI=1S/C43H62N2O11SSi2/c1-43(2)53-27-35-24-34(13-15-38(35)56-43)41-25-44(42(46)55-41)17-16-32-12-14-39-40(23-32)54-36(29-52-39)28-51-26-33-10-9-11-37(22-33)57(47,48)45(30-49-18-20-58(3,4)5)31-50-19-21-59(6,7)8/h9-15,22-24,36,41H,16-21,25-31H2,1-8H3/t36-,41+/m1/s1. The molecule has 3 heterocycles. The summed E-state index contributed by atoms with van der Waals surface area (Å²) in [4.78, 5) is 14.7. The summed E-state index contributed by atoms with van der Waals surface area (Å²) in [6, 6.07) is 20.3. The van der Waals surface area contributed by atoms with Crippen molar-refractivity contribution in [3.63, 3.8) is 0 Å². The topological polar surface area (TPSA) is 132 Å². The highest BCUT2D eigenvalue weighted by molar-refractivity contribution is 7.89. The minimum atomic E-state index is -3.91. The van der Waals surface area contributed by atoms with Crippen LogP contribution < -0.4 is 14.2 Å². The average molecular weight is 871 g/mol. The van der Waals surface area contributed by atoms with Crippen LogP contribution in [0.2, 0.25) is 51.4 Å². The van der Waals surface area contributed by atoms with Crippen LogP contribution in [-0.2, 0) is 53.3 Å². The van der Waals surface area contributed by atoms with E-state index in [0.29, 0.717) is 63.0 Å². The molecule has 13 nitrogen and oxygen atoms in total. The minimum Gasteiger partial charge on any atom is -0.486 e. The number of carbonyl (C=O) groups excluding carboxylic acids is 1. The number of benzene rings is 3. The van der Waals surface area contributed by atoms with Crippen LogP contribution in [-0.4, -0.2) is 105 Å². The van der Waals surface area contributed by atoms with Gasteiger partial charge in [-0.05, 0) is 71.6 Å². The summed E-state index contributed by atoms with van der Waals surface area (Å²) in [5, 5.41) is 0. The number of hydrogen-bond donors (Lipinski definition) is 0. The molecular weight excluding hydrogens is 809 g/mol. The van der Waals surface area contributed by atoms with Crippen LogP contribution >= 0.6 is 0 Å². The van der Waals surface area contributed by atoms with Crippen LogP contribution in [0.4, 0.5) is 4.79 Å². The van der Waals surface area contributed by atoms with Crippen molar-refractivity contribution in [3.05, 3.63) is 82.9 Å². The van der Waals surface area contributed by atoms with Gasteiger partial charge in [-0.25, -0.2) is 13.2 Å². The molecule has 2 atom stereocenters. The molecule has 0 saturated carbocycles. The first-order valence-electron chi connectivity index (χ1n) is 20.5. The molecule has 0 radical (unpaired) electrons. The first-order valence-corrected chi connectivity index (χ1v) is 29.4. The normalized spacial score (nSPS) is 19.1. The Kier molecular flexibility index (Phi) is 14.5. The molecule has 3 aliphatic heterocycles. The van der Waals surface area contributed by atoms with E-state index in [0.717, 1.165) is 34.5 Å². The number of cyclic esters (lactones) is 1. The largest absolute Gasteiger partial charge is 0.486 e. The van der Waals surface area contributed by atoms with Crippen molar-refractivity contribution in [2.45, 2.75) is 108 Å². The predicted molar refractivity (Wildman–Crippen MR) is 230 cm³/mol. The van der Waals surface area contributed by atoms with Crippen molar-refractivity contribution in [3.8, 4) is 17.2 Å². The highest BCUT2D eigenvalue weighted by atomic mass is 32.2. The van der Waals surface area contributed by atoms with E-state index in [1.165, 1.54) is 4.31 Å². The zero-order valence-corrected chi connectivity index (χ0v) is 38.7. The fourth-order valence-electron chi connectivity index (χ4n) is 6.60. The first kappa shape index (κ1) is 45.1.